The topological polar surface area (TPSA) is 29.5 Å². The van der Waals surface area contributed by atoms with Crippen molar-refractivity contribution >= 4 is 11.6 Å². The van der Waals surface area contributed by atoms with Crippen LogP contribution in [0, 0.1) is 5.82 Å². The minimum absolute atomic E-state index is 0.0833. The molecule has 1 unspecified atom stereocenters. The van der Waals surface area contributed by atoms with E-state index in [-0.39, 0.29) is 5.02 Å². The van der Waals surface area contributed by atoms with E-state index in [2.05, 4.69) is 0 Å². The standard InChI is InChI=1S/C17H16ClFO2/c1-21-13-4-3-12-6-7-17(20,14(12)9-13)10-11-2-5-16(19)15(18)8-11/h2-5,8-9,20H,6-7,10H2,1H3. The first-order valence-corrected chi connectivity index (χ1v) is 7.23. The smallest absolute Gasteiger partial charge is 0.141 e. The van der Waals surface area contributed by atoms with E-state index < -0.39 is 11.4 Å². The number of rotatable bonds is 3. The molecule has 21 heavy (non-hydrogen) atoms. The number of ether oxygens (including phenoxy) is 1. The number of hydrogen-bond acceptors (Lipinski definition) is 2. The molecule has 2 aromatic carbocycles. The zero-order valence-corrected chi connectivity index (χ0v) is 12.5. The molecule has 0 saturated carbocycles. The predicted molar refractivity (Wildman–Crippen MR) is 80.3 cm³/mol. The summed E-state index contributed by atoms with van der Waals surface area (Å²) in [7, 11) is 1.61. The maximum Gasteiger partial charge on any atom is 0.141 e. The number of aryl methyl sites for hydroxylation is 1. The number of benzene rings is 2. The molecule has 0 fully saturated rings. The fourth-order valence-corrected chi connectivity index (χ4v) is 3.18. The summed E-state index contributed by atoms with van der Waals surface area (Å²) in [6, 6.07) is 10.4. The van der Waals surface area contributed by atoms with Crippen molar-refractivity contribution in [2.75, 3.05) is 7.11 Å². The molecule has 0 heterocycles. The molecule has 1 atom stereocenters. The number of hydrogen-bond donors (Lipinski definition) is 1. The Labute approximate surface area is 128 Å². The van der Waals surface area contributed by atoms with Crippen molar-refractivity contribution in [3.8, 4) is 5.75 Å². The molecule has 1 aliphatic rings. The van der Waals surface area contributed by atoms with Gasteiger partial charge in [-0.2, -0.15) is 0 Å². The Bertz CT molecular complexity index is 686. The maximum atomic E-state index is 13.2. The third-order valence-corrected chi connectivity index (χ3v) is 4.40. The van der Waals surface area contributed by atoms with Crippen molar-refractivity contribution in [2.45, 2.75) is 24.9 Å². The monoisotopic (exact) mass is 306 g/mol. The van der Waals surface area contributed by atoms with Crippen molar-refractivity contribution in [1.82, 2.24) is 0 Å². The van der Waals surface area contributed by atoms with Crippen LogP contribution in [0.5, 0.6) is 5.75 Å². The van der Waals surface area contributed by atoms with Crippen molar-refractivity contribution in [1.29, 1.82) is 0 Å². The van der Waals surface area contributed by atoms with Gasteiger partial charge in [-0.3, -0.25) is 0 Å². The van der Waals surface area contributed by atoms with E-state index in [1.165, 1.54) is 6.07 Å². The fraction of sp³-hybridized carbons (Fsp3) is 0.294. The van der Waals surface area contributed by atoms with Crippen LogP contribution in [0.25, 0.3) is 0 Å². The summed E-state index contributed by atoms with van der Waals surface area (Å²) in [6.07, 6.45) is 1.88. The number of aliphatic hydroxyl groups is 1. The molecule has 0 aromatic heterocycles. The Morgan fingerprint density at radius 2 is 2.10 bits per heavy atom. The summed E-state index contributed by atoms with van der Waals surface area (Å²) < 4.78 is 18.5. The van der Waals surface area contributed by atoms with Crippen LogP contribution in [0.1, 0.15) is 23.1 Å². The number of halogens is 2. The van der Waals surface area contributed by atoms with Crippen molar-refractivity contribution in [2.24, 2.45) is 0 Å². The van der Waals surface area contributed by atoms with Crippen molar-refractivity contribution < 1.29 is 14.2 Å². The van der Waals surface area contributed by atoms with Gasteiger partial charge in [-0.1, -0.05) is 23.7 Å². The van der Waals surface area contributed by atoms with E-state index in [0.29, 0.717) is 12.8 Å². The third kappa shape index (κ3) is 2.63. The lowest BCUT2D eigenvalue weighted by Crippen LogP contribution is -2.25. The van der Waals surface area contributed by atoms with Crippen molar-refractivity contribution in [3.05, 3.63) is 63.9 Å². The molecule has 0 aliphatic heterocycles. The van der Waals surface area contributed by atoms with E-state index in [1.54, 1.807) is 19.2 Å². The minimum Gasteiger partial charge on any atom is -0.497 e. The molecule has 0 amide bonds. The van der Waals surface area contributed by atoms with Crippen LogP contribution in [0.15, 0.2) is 36.4 Å². The Hall–Kier alpha value is -1.58. The van der Waals surface area contributed by atoms with Gasteiger partial charge in [0.05, 0.1) is 17.7 Å². The van der Waals surface area contributed by atoms with E-state index in [9.17, 15) is 9.50 Å². The molecular formula is C17H16ClFO2. The highest BCUT2D eigenvalue weighted by Crippen LogP contribution is 2.41. The van der Waals surface area contributed by atoms with Gasteiger partial charge in [-0.25, -0.2) is 4.39 Å². The molecule has 1 aliphatic carbocycles. The Morgan fingerprint density at radius 1 is 1.29 bits per heavy atom. The summed E-state index contributed by atoms with van der Waals surface area (Å²) in [5, 5.41) is 11.1. The molecule has 0 spiro atoms. The highest BCUT2D eigenvalue weighted by atomic mass is 35.5. The minimum atomic E-state index is -0.953. The quantitative estimate of drug-likeness (QED) is 0.933. The van der Waals surface area contributed by atoms with Crippen LogP contribution >= 0.6 is 11.6 Å². The Balaban J connectivity index is 1.94. The molecule has 110 valence electrons. The normalized spacial score (nSPS) is 20.4. The SMILES string of the molecule is COc1ccc2c(c1)C(O)(Cc1ccc(F)c(Cl)c1)CC2. The maximum absolute atomic E-state index is 13.2. The van der Waals surface area contributed by atoms with Gasteiger partial charge in [0, 0.05) is 6.42 Å². The largest absolute Gasteiger partial charge is 0.497 e. The van der Waals surface area contributed by atoms with Gasteiger partial charge < -0.3 is 9.84 Å². The van der Waals surface area contributed by atoms with Crippen LogP contribution in [-0.4, -0.2) is 12.2 Å². The van der Waals surface area contributed by atoms with Gasteiger partial charge in [0.15, 0.2) is 0 Å². The van der Waals surface area contributed by atoms with Crippen LogP contribution in [0.4, 0.5) is 4.39 Å². The average Bonchev–Trinajstić information content (AvgIpc) is 2.80. The lowest BCUT2D eigenvalue weighted by molar-refractivity contribution is 0.0388. The lowest BCUT2D eigenvalue weighted by Gasteiger charge is -2.24. The predicted octanol–water partition coefficient (Wildman–Crippen LogP) is 3.86. The Kier molecular flexibility index (Phi) is 3.64. The first-order valence-electron chi connectivity index (χ1n) is 6.85. The molecule has 0 radical (unpaired) electrons. The van der Waals surface area contributed by atoms with E-state index >= 15 is 0 Å². The van der Waals surface area contributed by atoms with Gasteiger partial charge >= 0.3 is 0 Å². The first kappa shape index (κ1) is 14.4. The van der Waals surface area contributed by atoms with E-state index in [0.717, 1.165) is 28.9 Å². The number of fused-ring (bicyclic) bond motifs is 1. The third-order valence-electron chi connectivity index (χ3n) is 4.11. The molecule has 0 bridgehead atoms. The van der Waals surface area contributed by atoms with Gasteiger partial charge in [-0.05, 0) is 53.8 Å². The highest BCUT2D eigenvalue weighted by molar-refractivity contribution is 6.30. The molecular weight excluding hydrogens is 291 g/mol. The summed E-state index contributed by atoms with van der Waals surface area (Å²) in [5.74, 6) is 0.284. The molecule has 0 saturated heterocycles. The second-order valence-corrected chi connectivity index (χ2v) is 5.89. The molecule has 2 nitrogen and oxygen atoms in total. The summed E-state index contributed by atoms with van der Waals surface area (Å²) in [6.45, 7) is 0. The molecule has 3 rings (SSSR count). The first-order chi connectivity index (χ1) is 10.0. The van der Waals surface area contributed by atoms with Gasteiger partial charge in [0.2, 0.25) is 0 Å². The van der Waals surface area contributed by atoms with E-state index in [4.69, 9.17) is 16.3 Å². The van der Waals surface area contributed by atoms with Crippen LogP contribution in [0.2, 0.25) is 5.02 Å². The zero-order valence-electron chi connectivity index (χ0n) is 11.7. The van der Waals surface area contributed by atoms with Crippen LogP contribution in [-0.2, 0) is 18.4 Å². The Morgan fingerprint density at radius 3 is 2.81 bits per heavy atom. The van der Waals surface area contributed by atoms with Gasteiger partial charge in [0.1, 0.15) is 11.6 Å². The molecule has 4 heteroatoms. The van der Waals surface area contributed by atoms with Crippen molar-refractivity contribution in [3.63, 3.8) is 0 Å². The van der Waals surface area contributed by atoms with Gasteiger partial charge in [0.25, 0.3) is 0 Å². The summed E-state index contributed by atoms with van der Waals surface area (Å²) >= 11 is 5.82. The summed E-state index contributed by atoms with van der Waals surface area (Å²) in [4.78, 5) is 0. The highest BCUT2D eigenvalue weighted by Gasteiger charge is 2.37. The summed E-state index contributed by atoms with van der Waals surface area (Å²) in [5.41, 5.74) is 1.89. The van der Waals surface area contributed by atoms with E-state index in [1.807, 2.05) is 18.2 Å². The molecule has 2 aromatic rings. The fourth-order valence-electron chi connectivity index (χ4n) is 2.98. The zero-order chi connectivity index (χ0) is 15.0. The second kappa shape index (κ2) is 5.32. The van der Waals surface area contributed by atoms with Crippen LogP contribution < -0.4 is 4.74 Å². The van der Waals surface area contributed by atoms with Crippen LogP contribution in [0.3, 0.4) is 0 Å². The van der Waals surface area contributed by atoms with Gasteiger partial charge in [-0.15, -0.1) is 0 Å². The average molecular weight is 307 g/mol. The number of methoxy groups -OCH3 is 1. The lowest BCUT2D eigenvalue weighted by atomic mass is 9.88. The second-order valence-electron chi connectivity index (χ2n) is 5.48. The molecule has 1 N–H and O–H groups in total.